The summed E-state index contributed by atoms with van der Waals surface area (Å²) >= 11 is 0. The molecule has 2 aliphatic rings. The molecule has 0 aliphatic carbocycles. The molecule has 0 saturated heterocycles. The molecule has 0 fully saturated rings. The lowest BCUT2D eigenvalue weighted by Gasteiger charge is -2.30. The first-order valence-corrected chi connectivity index (χ1v) is 11.4. The molecule has 0 spiro atoms. The molecule has 7 heteroatoms. The normalized spacial score (nSPS) is 16.1. The number of benzene rings is 3. The summed E-state index contributed by atoms with van der Waals surface area (Å²) in [6.07, 6.45) is -0.891. The van der Waals surface area contributed by atoms with Crippen LogP contribution in [0.5, 0.6) is 28.7 Å². The number of aliphatic carboxylic acids is 1. The summed E-state index contributed by atoms with van der Waals surface area (Å²) < 4.78 is 28.6. The van der Waals surface area contributed by atoms with Gasteiger partial charge in [-0.15, -0.1) is 0 Å². The zero-order valence-corrected chi connectivity index (χ0v) is 20.0. The van der Waals surface area contributed by atoms with Crippen LogP contribution in [0.4, 0.5) is 0 Å². The molecule has 5 rings (SSSR count). The minimum Gasteiger partial charge on any atom is -0.496 e. The van der Waals surface area contributed by atoms with Crippen molar-refractivity contribution in [1.82, 2.24) is 0 Å². The van der Waals surface area contributed by atoms with E-state index in [1.54, 1.807) is 25.3 Å². The van der Waals surface area contributed by atoms with Crippen molar-refractivity contribution >= 4 is 11.5 Å². The van der Waals surface area contributed by atoms with Gasteiger partial charge in [0.2, 0.25) is 6.79 Å². The second-order valence-corrected chi connectivity index (χ2v) is 8.71. The topological polar surface area (TPSA) is 83.5 Å². The van der Waals surface area contributed by atoms with Gasteiger partial charge in [0.25, 0.3) is 0 Å². The summed E-state index contributed by atoms with van der Waals surface area (Å²) in [5, 5.41) is 10.5. The van der Waals surface area contributed by atoms with Crippen molar-refractivity contribution in [3.05, 3.63) is 82.4 Å². The SMILES string of the molecule is COc1ccc(C2=C(C(=O)O)C(c3ccc4c(c3)OCO4)Oc3ccc(OC(C)C)cc32)cc1C. The van der Waals surface area contributed by atoms with Crippen LogP contribution in [-0.4, -0.2) is 31.1 Å². The summed E-state index contributed by atoms with van der Waals surface area (Å²) in [7, 11) is 1.61. The smallest absolute Gasteiger partial charge is 0.336 e. The number of hydrogen-bond acceptors (Lipinski definition) is 6. The fraction of sp³-hybridized carbons (Fsp3) is 0.250. The number of aryl methyl sites for hydroxylation is 1. The Morgan fingerprint density at radius 3 is 2.49 bits per heavy atom. The Morgan fingerprint density at radius 1 is 1.00 bits per heavy atom. The van der Waals surface area contributed by atoms with Gasteiger partial charge in [0.05, 0.1) is 18.8 Å². The minimum atomic E-state index is -1.07. The van der Waals surface area contributed by atoms with Crippen molar-refractivity contribution in [2.24, 2.45) is 0 Å². The van der Waals surface area contributed by atoms with Gasteiger partial charge in [0.15, 0.2) is 17.6 Å². The third-order valence-electron chi connectivity index (χ3n) is 5.98. The Kier molecular flexibility index (Phi) is 5.76. The van der Waals surface area contributed by atoms with E-state index in [1.165, 1.54) is 0 Å². The molecule has 2 aliphatic heterocycles. The zero-order valence-electron chi connectivity index (χ0n) is 20.0. The van der Waals surface area contributed by atoms with E-state index in [0.717, 1.165) is 16.9 Å². The molecule has 3 aromatic rings. The lowest BCUT2D eigenvalue weighted by molar-refractivity contribution is -0.133. The first kappa shape index (κ1) is 22.7. The summed E-state index contributed by atoms with van der Waals surface area (Å²) in [4.78, 5) is 12.8. The van der Waals surface area contributed by atoms with Crippen molar-refractivity contribution in [3.8, 4) is 28.7 Å². The maximum Gasteiger partial charge on any atom is 0.336 e. The lowest BCUT2D eigenvalue weighted by atomic mass is 9.85. The Labute approximate surface area is 203 Å². The van der Waals surface area contributed by atoms with Gasteiger partial charge in [-0.3, -0.25) is 0 Å². The molecule has 1 unspecified atom stereocenters. The fourth-order valence-electron chi connectivity index (χ4n) is 4.49. The molecule has 180 valence electrons. The third kappa shape index (κ3) is 4.14. The quantitative estimate of drug-likeness (QED) is 0.502. The van der Waals surface area contributed by atoms with Gasteiger partial charge in [-0.2, -0.15) is 0 Å². The number of hydrogen-bond donors (Lipinski definition) is 1. The predicted octanol–water partition coefficient (Wildman–Crippen LogP) is 5.54. The maximum absolute atomic E-state index is 12.8. The maximum atomic E-state index is 12.8. The number of carboxylic acids is 1. The Hall–Kier alpha value is -4.13. The highest BCUT2D eigenvalue weighted by Gasteiger charge is 2.36. The van der Waals surface area contributed by atoms with E-state index in [9.17, 15) is 9.90 Å². The molecular formula is C28H26O7. The Morgan fingerprint density at radius 2 is 1.77 bits per heavy atom. The number of methoxy groups -OCH3 is 1. The summed E-state index contributed by atoms with van der Waals surface area (Å²) in [6.45, 7) is 5.94. The number of fused-ring (bicyclic) bond motifs is 2. The van der Waals surface area contributed by atoms with Crippen LogP contribution in [0.25, 0.3) is 5.57 Å². The van der Waals surface area contributed by atoms with Gasteiger partial charge in [-0.25, -0.2) is 4.79 Å². The highest BCUT2D eigenvalue weighted by Crippen LogP contribution is 2.48. The van der Waals surface area contributed by atoms with Crippen molar-refractivity contribution in [3.63, 3.8) is 0 Å². The number of ether oxygens (including phenoxy) is 5. The van der Waals surface area contributed by atoms with Gasteiger partial charge in [0.1, 0.15) is 17.2 Å². The van der Waals surface area contributed by atoms with E-state index in [4.69, 9.17) is 23.7 Å². The van der Waals surface area contributed by atoms with Crippen molar-refractivity contribution in [2.45, 2.75) is 33.0 Å². The van der Waals surface area contributed by atoms with Gasteiger partial charge in [-0.05, 0) is 74.4 Å². The highest BCUT2D eigenvalue weighted by atomic mass is 16.7. The third-order valence-corrected chi connectivity index (χ3v) is 5.98. The van der Waals surface area contributed by atoms with Crippen LogP contribution in [0, 0.1) is 6.92 Å². The molecular weight excluding hydrogens is 448 g/mol. The summed E-state index contributed by atoms with van der Waals surface area (Å²) in [6, 6.07) is 16.5. The molecule has 1 N–H and O–H groups in total. The van der Waals surface area contributed by atoms with E-state index in [-0.39, 0.29) is 18.5 Å². The molecule has 0 radical (unpaired) electrons. The van der Waals surface area contributed by atoms with Crippen LogP contribution in [0.2, 0.25) is 0 Å². The highest BCUT2D eigenvalue weighted by molar-refractivity contribution is 6.04. The van der Waals surface area contributed by atoms with Gasteiger partial charge in [-0.1, -0.05) is 12.1 Å². The molecule has 0 bridgehead atoms. The number of rotatable bonds is 6. The van der Waals surface area contributed by atoms with E-state index in [2.05, 4.69) is 0 Å². The van der Waals surface area contributed by atoms with Crippen LogP contribution in [0.3, 0.4) is 0 Å². The van der Waals surface area contributed by atoms with E-state index >= 15 is 0 Å². The fourth-order valence-corrected chi connectivity index (χ4v) is 4.49. The average molecular weight is 475 g/mol. The molecule has 2 heterocycles. The van der Waals surface area contributed by atoms with Crippen molar-refractivity contribution in [2.75, 3.05) is 13.9 Å². The van der Waals surface area contributed by atoms with Crippen LogP contribution in [0.15, 0.2) is 60.2 Å². The summed E-state index contributed by atoms with van der Waals surface area (Å²) in [5.74, 6) is 2.03. The molecule has 3 aromatic carbocycles. The van der Waals surface area contributed by atoms with E-state index < -0.39 is 12.1 Å². The first-order valence-electron chi connectivity index (χ1n) is 11.4. The predicted molar refractivity (Wildman–Crippen MR) is 130 cm³/mol. The second-order valence-electron chi connectivity index (χ2n) is 8.71. The van der Waals surface area contributed by atoms with Crippen LogP contribution in [0.1, 0.15) is 42.2 Å². The Balaban J connectivity index is 1.74. The minimum absolute atomic E-state index is 0.0338. The number of carbonyl (C=O) groups is 1. The molecule has 1 atom stereocenters. The van der Waals surface area contributed by atoms with Gasteiger partial charge in [0, 0.05) is 16.7 Å². The summed E-state index contributed by atoms with van der Waals surface area (Å²) in [5.41, 5.74) is 3.65. The van der Waals surface area contributed by atoms with Crippen LogP contribution >= 0.6 is 0 Å². The average Bonchev–Trinajstić information content (AvgIpc) is 3.30. The molecule has 0 saturated carbocycles. The molecule has 0 amide bonds. The standard InChI is InChI=1S/C28H26O7/c1-15(2)34-19-7-10-22-20(13-19)25(17-5-8-21(31-4)16(3)11-17)26(28(29)30)27(35-22)18-6-9-23-24(12-18)33-14-32-23/h5-13,15,27H,14H2,1-4H3,(H,29,30). The largest absolute Gasteiger partial charge is 0.496 e. The van der Waals surface area contributed by atoms with Gasteiger partial charge >= 0.3 is 5.97 Å². The van der Waals surface area contributed by atoms with Crippen molar-refractivity contribution < 1.29 is 33.6 Å². The first-order chi connectivity index (χ1) is 16.9. The van der Waals surface area contributed by atoms with E-state index in [1.807, 2.05) is 57.2 Å². The van der Waals surface area contributed by atoms with Crippen LogP contribution in [-0.2, 0) is 4.79 Å². The van der Waals surface area contributed by atoms with Crippen molar-refractivity contribution in [1.29, 1.82) is 0 Å². The molecule has 7 nitrogen and oxygen atoms in total. The molecule has 0 aromatic heterocycles. The monoisotopic (exact) mass is 474 g/mol. The van der Waals surface area contributed by atoms with Crippen LogP contribution < -0.4 is 23.7 Å². The van der Waals surface area contributed by atoms with E-state index in [0.29, 0.717) is 39.7 Å². The number of carboxylic acid groups (broad SMARTS) is 1. The van der Waals surface area contributed by atoms with Gasteiger partial charge < -0.3 is 28.8 Å². The lowest BCUT2D eigenvalue weighted by Crippen LogP contribution is -2.23. The second kappa shape index (κ2) is 8.91. The zero-order chi connectivity index (χ0) is 24.7. The Bertz CT molecular complexity index is 1340. The molecule has 35 heavy (non-hydrogen) atoms.